The maximum absolute atomic E-state index is 12.5. The van der Waals surface area contributed by atoms with Gasteiger partial charge in [-0.15, -0.1) is 10.3 Å². The molecule has 0 amide bonds. The second-order valence-corrected chi connectivity index (χ2v) is 6.21. The van der Waals surface area contributed by atoms with E-state index >= 15 is 0 Å². The van der Waals surface area contributed by atoms with Crippen LogP contribution in [0, 0.1) is 0 Å². The fourth-order valence-corrected chi connectivity index (χ4v) is 2.92. The number of nitrogens with zero attached hydrogens (tertiary/aromatic N) is 1. The number of carbonyl (C=O) groups excluding carboxylic acids is 1. The number of hydrogen-bond acceptors (Lipinski definition) is 4. The SMILES string of the molecule is CC(=O)Oc1cc2c(cc1C(=O)O)C(C)(C)N([O])C2(C)C. The monoisotopic (exact) mass is 292 g/mol. The molecular formula is C15H18NO5. The third-order valence-electron chi connectivity index (χ3n) is 3.94. The molecule has 2 rings (SSSR count). The average Bonchev–Trinajstić information content (AvgIpc) is 2.47. The molecule has 1 aromatic rings. The summed E-state index contributed by atoms with van der Waals surface area (Å²) in [6.45, 7) is 8.19. The highest BCUT2D eigenvalue weighted by Crippen LogP contribution is 2.50. The van der Waals surface area contributed by atoms with Gasteiger partial charge in [0.25, 0.3) is 0 Å². The van der Waals surface area contributed by atoms with Crippen LogP contribution < -0.4 is 4.74 Å². The van der Waals surface area contributed by atoms with Gasteiger partial charge in [0.15, 0.2) is 0 Å². The number of hydrogen-bond donors (Lipinski definition) is 1. The Morgan fingerprint density at radius 3 is 2.00 bits per heavy atom. The molecule has 0 spiro atoms. The molecule has 0 fully saturated rings. The van der Waals surface area contributed by atoms with E-state index in [1.165, 1.54) is 19.1 Å². The summed E-state index contributed by atoms with van der Waals surface area (Å²) in [6.07, 6.45) is 0. The van der Waals surface area contributed by atoms with Crippen LogP contribution >= 0.6 is 0 Å². The fraction of sp³-hybridized carbons (Fsp3) is 0.467. The van der Waals surface area contributed by atoms with E-state index in [9.17, 15) is 19.9 Å². The fourth-order valence-electron chi connectivity index (χ4n) is 2.92. The number of carboxylic acids is 1. The van der Waals surface area contributed by atoms with Gasteiger partial charge >= 0.3 is 11.9 Å². The van der Waals surface area contributed by atoms with E-state index in [0.717, 1.165) is 5.06 Å². The molecular weight excluding hydrogens is 274 g/mol. The summed E-state index contributed by atoms with van der Waals surface area (Å²) in [5.41, 5.74) is -0.495. The van der Waals surface area contributed by atoms with Gasteiger partial charge in [-0.25, -0.2) is 4.79 Å². The van der Waals surface area contributed by atoms with Gasteiger partial charge in [0.05, 0.1) is 11.1 Å². The molecule has 6 nitrogen and oxygen atoms in total. The van der Waals surface area contributed by atoms with E-state index in [1.807, 2.05) is 0 Å². The Hall–Kier alpha value is -1.92. The van der Waals surface area contributed by atoms with Crippen LogP contribution in [0.25, 0.3) is 0 Å². The van der Waals surface area contributed by atoms with Crippen molar-refractivity contribution in [2.24, 2.45) is 0 Å². The molecule has 0 aliphatic carbocycles. The maximum Gasteiger partial charge on any atom is 0.339 e. The Morgan fingerprint density at radius 1 is 1.10 bits per heavy atom. The van der Waals surface area contributed by atoms with E-state index < -0.39 is 23.0 Å². The van der Waals surface area contributed by atoms with Gasteiger partial charge in [0, 0.05) is 6.92 Å². The second-order valence-electron chi connectivity index (χ2n) is 6.21. The van der Waals surface area contributed by atoms with E-state index in [2.05, 4.69) is 0 Å². The van der Waals surface area contributed by atoms with Crippen molar-refractivity contribution in [3.8, 4) is 5.75 Å². The van der Waals surface area contributed by atoms with Crippen LogP contribution in [0.15, 0.2) is 12.1 Å². The number of benzene rings is 1. The van der Waals surface area contributed by atoms with Crippen LogP contribution in [0.4, 0.5) is 0 Å². The zero-order chi connectivity index (χ0) is 16.2. The lowest BCUT2D eigenvalue weighted by Crippen LogP contribution is -2.41. The maximum atomic E-state index is 12.5. The molecule has 1 N–H and O–H groups in total. The number of carboxylic acid groups (broad SMARTS) is 1. The molecule has 21 heavy (non-hydrogen) atoms. The Labute approximate surface area is 122 Å². The summed E-state index contributed by atoms with van der Waals surface area (Å²) >= 11 is 0. The number of carbonyl (C=O) groups is 2. The molecule has 113 valence electrons. The lowest BCUT2D eigenvalue weighted by molar-refractivity contribution is -0.266. The summed E-state index contributed by atoms with van der Waals surface area (Å²) in [5.74, 6) is -1.84. The third kappa shape index (κ3) is 2.20. The zero-order valence-electron chi connectivity index (χ0n) is 12.7. The largest absolute Gasteiger partial charge is 0.478 e. The zero-order valence-corrected chi connectivity index (χ0v) is 12.7. The molecule has 1 aliphatic rings. The van der Waals surface area contributed by atoms with Crippen LogP contribution in [0.5, 0.6) is 5.75 Å². The Balaban J connectivity index is 2.74. The summed E-state index contributed by atoms with van der Waals surface area (Å²) < 4.78 is 4.99. The normalized spacial score (nSPS) is 19.1. The summed E-state index contributed by atoms with van der Waals surface area (Å²) in [7, 11) is 0. The Bertz CT molecular complexity index is 633. The Kier molecular flexibility index (Phi) is 3.35. The van der Waals surface area contributed by atoms with Gasteiger partial charge in [-0.2, -0.15) is 0 Å². The van der Waals surface area contributed by atoms with Crippen LogP contribution in [0.3, 0.4) is 0 Å². The number of aromatic carboxylic acids is 1. The van der Waals surface area contributed by atoms with Crippen molar-refractivity contribution in [1.82, 2.24) is 5.06 Å². The molecule has 0 bridgehead atoms. The molecule has 1 heterocycles. The van der Waals surface area contributed by atoms with Gasteiger partial charge in [-0.1, -0.05) is 0 Å². The highest BCUT2D eigenvalue weighted by molar-refractivity contribution is 5.92. The minimum atomic E-state index is -1.20. The van der Waals surface area contributed by atoms with Gasteiger partial charge in [0.1, 0.15) is 11.3 Å². The predicted molar refractivity (Wildman–Crippen MR) is 73.3 cm³/mol. The smallest absolute Gasteiger partial charge is 0.339 e. The number of esters is 1. The quantitative estimate of drug-likeness (QED) is 0.668. The number of fused-ring (bicyclic) bond motifs is 1. The first-order chi connectivity index (χ1) is 9.49. The van der Waals surface area contributed by atoms with Crippen molar-refractivity contribution in [1.29, 1.82) is 0 Å². The lowest BCUT2D eigenvalue weighted by Gasteiger charge is -2.32. The van der Waals surface area contributed by atoms with Crippen molar-refractivity contribution in [3.63, 3.8) is 0 Å². The highest BCUT2D eigenvalue weighted by atomic mass is 16.5. The molecule has 1 radical (unpaired) electrons. The predicted octanol–water partition coefficient (Wildman–Crippen LogP) is 2.44. The first-order valence-electron chi connectivity index (χ1n) is 6.57. The molecule has 0 saturated heterocycles. The summed E-state index contributed by atoms with van der Waals surface area (Å²) in [4.78, 5) is 22.5. The minimum absolute atomic E-state index is 0.0343. The molecule has 0 unspecified atom stereocenters. The first kappa shape index (κ1) is 15.5. The molecule has 1 aromatic carbocycles. The summed E-state index contributed by atoms with van der Waals surface area (Å²) in [5, 5.41) is 22.7. The van der Waals surface area contributed by atoms with E-state index in [-0.39, 0.29) is 11.3 Å². The van der Waals surface area contributed by atoms with E-state index in [0.29, 0.717) is 11.1 Å². The number of ether oxygens (including phenoxy) is 1. The van der Waals surface area contributed by atoms with Crippen LogP contribution in [-0.4, -0.2) is 22.1 Å². The molecule has 0 aromatic heterocycles. The van der Waals surface area contributed by atoms with Crippen LogP contribution in [0.1, 0.15) is 56.1 Å². The van der Waals surface area contributed by atoms with Crippen LogP contribution in [-0.2, 0) is 21.1 Å². The van der Waals surface area contributed by atoms with Gasteiger partial charge in [-0.05, 0) is 51.0 Å². The molecule has 1 aliphatic heterocycles. The molecule has 0 atom stereocenters. The molecule has 0 saturated carbocycles. The van der Waals surface area contributed by atoms with Gasteiger partial charge < -0.3 is 9.84 Å². The summed E-state index contributed by atoms with van der Waals surface area (Å²) in [6, 6.07) is 2.91. The third-order valence-corrected chi connectivity index (χ3v) is 3.94. The lowest BCUT2D eigenvalue weighted by atomic mass is 9.88. The van der Waals surface area contributed by atoms with Crippen LogP contribution in [0.2, 0.25) is 0 Å². The topological polar surface area (TPSA) is 86.7 Å². The van der Waals surface area contributed by atoms with Gasteiger partial charge in [0.2, 0.25) is 0 Å². The average molecular weight is 292 g/mol. The Morgan fingerprint density at radius 2 is 1.57 bits per heavy atom. The van der Waals surface area contributed by atoms with Crippen molar-refractivity contribution in [3.05, 3.63) is 28.8 Å². The standard InChI is InChI=1S/C15H18NO5/c1-8(17)21-12-7-11-10(6-9(12)13(18)19)14(2,3)16(20)15(11,4)5/h6-7H,1-5H3,(H,18,19). The van der Waals surface area contributed by atoms with Crippen molar-refractivity contribution in [2.45, 2.75) is 45.7 Å². The second kappa shape index (κ2) is 4.54. The van der Waals surface area contributed by atoms with Crippen molar-refractivity contribution in [2.75, 3.05) is 0 Å². The van der Waals surface area contributed by atoms with E-state index in [1.54, 1.807) is 27.7 Å². The van der Waals surface area contributed by atoms with E-state index in [4.69, 9.17) is 4.74 Å². The van der Waals surface area contributed by atoms with Crippen molar-refractivity contribution < 1.29 is 24.6 Å². The van der Waals surface area contributed by atoms with Crippen molar-refractivity contribution >= 4 is 11.9 Å². The highest BCUT2D eigenvalue weighted by Gasteiger charge is 2.50. The van der Waals surface area contributed by atoms with Gasteiger partial charge in [-0.3, -0.25) is 4.79 Å². The number of rotatable bonds is 2. The first-order valence-corrected chi connectivity index (χ1v) is 6.57. The minimum Gasteiger partial charge on any atom is -0.478 e. The molecule has 6 heteroatoms. The number of hydroxylamine groups is 2.